The van der Waals surface area contributed by atoms with Crippen LogP contribution >= 0.6 is 0 Å². The molecule has 0 aliphatic rings. The Morgan fingerprint density at radius 3 is 2.95 bits per heavy atom. The molecule has 20 heavy (non-hydrogen) atoms. The number of alkyl halides is 2. The molecule has 2 aromatic rings. The largest absolute Gasteiger partial charge is 0.472 e. The Bertz CT molecular complexity index is 602. The monoisotopic (exact) mass is 283 g/mol. The second-order valence-corrected chi connectivity index (χ2v) is 3.72. The molecule has 2 heterocycles. The Kier molecular flexibility index (Phi) is 4.18. The summed E-state index contributed by atoms with van der Waals surface area (Å²) < 4.78 is 30.2. The Morgan fingerprint density at radius 2 is 2.30 bits per heavy atom. The average Bonchev–Trinajstić information content (AvgIpc) is 2.82. The van der Waals surface area contributed by atoms with Crippen molar-refractivity contribution in [2.45, 2.75) is 6.43 Å². The summed E-state index contributed by atoms with van der Waals surface area (Å²) in [6, 6.07) is 4.31. The van der Waals surface area contributed by atoms with E-state index in [4.69, 9.17) is 4.74 Å². The number of aryl methyl sites for hydroxylation is 1. The first-order chi connectivity index (χ1) is 9.56. The van der Waals surface area contributed by atoms with E-state index in [1.165, 1.54) is 29.2 Å². The molecule has 2 rings (SSSR count). The summed E-state index contributed by atoms with van der Waals surface area (Å²) in [5.74, 6) is -0.338. The Hall–Kier alpha value is -2.58. The van der Waals surface area contributed by atoms with E-state index in [9.17, 15) is 13.6 Å². The molecular formula is C11H11F2N5O2. The highest BCUT2D eigenvalue weighted by molar-refractivity contribution is 6.01. The van der Waals surface area contributed by atoms with Gasteiger partial charge in [0.05, 0.1) is 0 Å². The van der Waals surface area contributed by atoms with Crippen LogP contribution in [0.2, 0.25) is 0 Å². The van der Waals surface area contributed by atoms with Crippen LogP contribution in [0.25, 0.3) is 0 Å². The van der Waals surface area contributed by atoms with Crippen molar-refractivity contribution < 1.29 is 18.3 Å². The van der Waals surface area contributed by atoms with Crippen molar-refractivity contribution in [3.63, 3.8) is 0 Å². The van der Waals surface area contributed by atoms with E-state index in [1.807, 2.05) is 0 Å². The Labute approximate surface area is 112 Å². The number of carbonyl (C=O) groups excluding carboxylic acids is 1. The van der Waals surface area contributed by atoms with Crippen molar-refractivity contribution in [2.24, 2.45) is 7.05 Å². The molecule has 0 aliphatic heterocycles. The maximum atomic E-state index is 12.0. The molecule has 0 spiro atoms. The molecule has 0 saturated carbocycles. The normalized spacial score (nSPS) is 10.6. The SMILES string of the molecule is Cn1ncnc1NC(=O)c1cccc(OCC(F)F)n1. The minimum atomic E-state index is -2.60. The van der Waals surface area contributed by atoms with E-state index >= 15 is 0 Å². The summed E-state index contributed by atoms with van der Waals surface area (Å²) in [4.78, 5) is 19.6. The van der Waals surface area contributed by atoms with E-state index in [0.29, 0.717) is 0 Å². The van der Waals surface area contributed by atoms with Crippen LogP contribution in [-0.2, 0) is 7.05 Å². The van der Waals surface area contributed by atoms with Gasteiger partial charge in [0.1, 0.15) is 12.0 Å². The molecule has 2 aromatic heterocycles. The molecule has 9 heteroatoms. The third-order valence-corrected chi connectivity index (χ3v) is 2.25. The Balaban J connectivity index is 2.06. The van der Waals surface area contributed by atoms with Crippen LogP contribution in [0.5, 0.6) is 5.88 Å². The minimum absolute atomic E-state index is 0.0276. The van der Waals surface area contributed by atoms with Crippen molar-refractivity contribution in [1.82, 2.24) is 19.7 Å². The van der Waals surface area contributed by atoms with Crippen LogP contribution in [0.15, 0.2) is 24.5 Å². The van der Waals surface area contributed by atoms with Gasteiger partial charge in [0.2, 0.25) is 11.8 Å². The summed E-state index contributed by atoms with van der Waals surface area (Å²) in [6.45, 7) is -0.776. The lowest BCUT2D eigenvalue weighted by molar-refractivity contribution is 0.0794. The molecule has 1 amide bonds. The molecule has 0 aromatic carbocycles. The van der Waals surface area contributed by atoms with Gasteiger partial charge < -0.3 is 4.74 Å². The summed E-state index contributed by atoms with van der Waals surface area (Å²) >= 11 is 0. The number of aromatic nitrogens is 4. The van der Waals surface area contributed by atoms with E-state index in [-0.39, 0.29) is 17.5 Å². The van der Waals surface area contributed by atoms with Crippen molar-refractivity contribution in [3.05, 3.63) is 30.2 Å². The number of anilines is 1. The van der Waals surface area contributed by atoms with Gasteiger partial charge in [-0.05, 0) is 6.07 Å². The summed E-state index contributed by atoms with van der Waals surface area (Å²) in [6.07, 6.45) is -1.32. The topological polar surface area (TPSA) is 81.9 Å². The molecule has 106 valence electrons. The fourth-order valence-electron chi connectivity index (χ4n) is 1.35. The van der Waals surface area contributed by atoms with Gasteiger partial charge in [-0.1, -0.05) is 6.07 Å². The number of nitrogens with zero attached hydrogens (tertiary/aromatic N) is 4. The molecule has 0 bridgehead atoms. The molecular weight excluding hydrogens is 272 g/mol. The van der Waals surface area contributed by atoms with Crippen molar-refractivity contribution in [1.29, 1.82) is 0 Å². The van der Waals surface area contributed by atoms with Gasteiger partial charge in [0, 0.05) is 13.1 Å². The van der Waals surface area contributed by atoms with Crippen LogP contribution < -0.4 is 10.1 Å². The zero-order valence-corrected chi connectivity index (χ0v) is 10.5. The maximum Gasteiger partial charge on any atom is 0.276 e. The predicted octanol–water partition coefficient (Wildman–Crippen LogP) is 1.11. The fourth-order valence-corrected chi connectivity index (χ4v) is 1.35. The quantitative estimate of drug-likeness (QED) is 0.888. The second-order valence-electron chi connectivity index (χ2n) is 3.72. The molecule has 0 saturated heterocycles. The van der Waals surface area contributed by atoms with Gasteiger partial charge in [-0.15, -0.1) is 0 Å². The first-order valence-corrected chi connectivity index (χ1v) is 5.59. The molecule has 0 unspecified atom stereocenters. The van der Waals surface area contributed by atoms with Gasteiger partial charge in [0.15, 0.2) is 6.61 Å². The fraction of sp³-hybridized carbons (Fsp3) is 0.273. The number of rotatable bonds is 5. The highest BCUT2D eigenvalue weighted by Crippen LogP contribution is 2.10. The summed E-state index contributed by atoms with van der Waals surface area (Å²) in [5, 5.41) is 6.27. The first-order valence-electron chi connectivity index (χ1n) is 5.59. The second kappa shape index (κ2) is 6.04. The van der Waals surface area contributed by atoms with Crippen LogP contribution in [-0.4, -0.2) is 38.7 Å². The Morgan fingerprint density at radius 1 is 1.50 bits per heavy atom. The molecule has 0 atom stereocenters. The lowest BCUT2D eigenvalue weighted by Gasteiger charge is -2.06. The number of amides is 1. The number of nitrogens with one attached hydrogen (secondary N) is 1. The number of pyridine rings is 1. The van der Waals surface area contributed by atoms with Gasteiger partial charge in [-0.3, -0.25) is 10.1 Å². The molecule has 7 nitrogen and oxygen atoms in total. The van der Waals surface area contributed by atoms with Crippen LogP contribution in [0.3, 0.4) is 0 Å². The number of carbonyl (C=O) groups is 1. The summed E-state index contributed by atoms with van der Waals surface area (Å²) in [5.41, 5.74) is 0.0276. The van der Waals surface area contributed by atoms with Gasteiger partial charge in [-0.2, -0.15) is 10.1 Å². The molecule has 1 N–H and O–H groups in total. The van der Waals surface area contributed by atoms with Crippen molar-refractivity contribution >= 4 is 11.9 Å². The minimum Gasteiger partial charge on any atom is -0.472 e. The van der Waals surface area contributed by atoms with E-state index in [1.54, 1.807) is 7.05 Å². The lowest BCUT2D eigenvalue weighted by Crippen LogP contribution is -2.17. The first kappa shape index (κ1) is 13.8. The number of ether oxygens (including phenoxy) is 1. The number of hydrogen-bond donors (Lipinski definition) is 1. The highest BCUT2D eigenvalue weighted by atomic mass is 19.3. The van der Waals surface area contributed by atoms with E-state index in [0.717, 1.165) is 0 Å². The van der Waals surface area contributed by atoms with Crippen LogP contribution in [0, 0.1) is 0 Å². The standard InChI is InChI=1S/C11H11F2N5O2/c1-18-11(14-6-15-18)17-10(19)7-3-2-4-9(16-7)20-5-8(12)13/h2-4,6,8H,5H2,1H3,(H,14,15,17,19). The predicted molar refractivity (Wildman–Crippen MR) is 64.7 cm³/mol. The zero-order valence-electron chi connectivity index (χ0n) is 10.5. The van der Waals surface area contributed by atoms with Crippen LogP contribution in [0.1, 0.15) is 10.5 Å². The zero-order chi connectivity index (χ0) is 14.5. The van der Waals surface area contributed by atoms with E-state index in [2.05, 4.69) is 20.4 Å². The maximum absolute atomic E-state index is 12.0. The summed E-state index contributed by atoms with van der Waals surface area (Å²) in [7, 11) is 1.61. The molecule has 0 aliphatic carbocycles. The lowest BCUT2D eigenvalue weighted by atomic mass is 10.3. The van der Waals surface area contributed by atoms with Gasteiger partial charge in [-0.25, -0.2) is 18.4 Å². The molecule has 0 fully saturated rings. The van der Waals surface area contributed by atoms with Crippen molar-refractivity contribution in [3.8, 4) is 5.88 Å². The van der Waals surface area contributed by atoms with E-state index < -0.39 is 18.9 Å². The third kappa shape index (κ3) is 3.46. The van der Waals surface area contributed by atoms with Gasteiger partial charge in [0.25, 0.3) is 12.3 Å². The number of hydrogen-bond acceptors (Lipinski definition) is 5. The average molecular weight is 283 g/mol. The smallest absolute Gasteiger partial charge is 0.276 e. The van der Waals surface area contributed by atoms with Crippen molar-refractivity contribution in [2.75, 3.05) is 11.9 Å². The number of halogens is 2. The third-order valence-electron chi connectivity index (χ3n) is 2.25. The highest BCUT2D eigenvalue weighted by Gasteiger charge is 2.12. The van der Waals surface area contributed by atoms with Gasteiger partial charge >= 0.3 is 0 Å². The molecule has 0 radical (unpaired) electrons. The van der Waals surface area contributed by atoms with Crippen LogP contribution in [0.4, 0.5) is 14.7 Å².